The van der Waals surface area contributed by atoms with E-state index in [1.807, 2.05) is 0 Å². The molecule has 0 unspecified atom stereocenters. The summed E-state index contributed by atoms with van der Waals surface area (Å²) in [5.74, 6) is -1.94. The Kier molecular flexibility index (Phi) is 7.63. The summed E-state index contributed by atoms with van der Waals surface area (Å²) in [7, 11) is 0. The van der Waals surface area contributed by atoms with Crippen molar-refractivity contribution >= 4 is 46.7 Å². The fourth-order valence-corrected chi connectivity index (χ4v) is 3.63. The molecule has 0 aliphatic rings. The summed E-state index contributed by atoms with van der Waals surface area (Å²) >= 11 is 18.8. The van der Waals surface area contributed by atoms with Crippen LogP contribution in [-0.2, 0) is 9.59 Å². The van der Waals surface area contributed by atoms with Gasteiger partial charge in [-0.1, -0.05) is 59.1 Å². The van der Waals surface area contributed by atoms with Gasteiger partial charge >= 0.3 is 11.9 Å². The molecule has 0 aliphatic heterocycles. The first kappa shape index (κ1) is 23.1. The van der Waals surface area contributed by atoms with Crippen LogP contribution < -0.4 is 9.47 Å². The van der Waals surface area contributed by atoms with Crippen LogP contribution in [0, 0.1) is 13.8 Å². The van der Waals surface area contributed by atoms with Crippen molar-refractivity contribution in [1.82, 2.24) is 0 Å². The van der Waals surface area contributed by atoms with Gasteiger partial charge < -0.3 is 19.7 Å². The number of hydrogen-bond acceptors (Lipinski definition) is 4. The number of benzene rings is 2. The van der Waals surface area contributed by atoms with Crippen LogP contribution in [0.1, 0.15) is 28.2 Å². The highest BCUT2D eigenvalue weighted by molar-refractivity contribution is 6.68. The summed E-state index contributed by atoms with van der Waals surface area (Å²) in [6.07, 6.45) is 0. The van der Waals surface area contributed by atoms with Crippen molar-refractivity contribution in [3.8, 4) is 11.5 Å². The number of halogens is 3. The number of carbonyl (C=O) groups is 2. The number of aryl methyl sites for hydroxylation is 2. The summed E-state index contributed by atoms with van der Waals surface area (Å²) < 4.78 is 8.81. The maximum atomic E-state index is 10.7. The number of aliphatic carboxylic acids is 2. The van der Waals surface area contributed by atoms with E-state index in [2.05, 4.69) is 0 Å². The molecule has 6 nitrogen and oxygen atoms in total. The van der Waals surface area contributed by atoms with Crippen LogP contribution in [0.15, 0.2) is 36.4 Å². The summed E-state index contributed by atoms with van der Waals surface area (Å²) in [5.41, 5.74) is 2.79. The third-order valence-electron chi connectivity index (χ3n) is 4.09. The molecule has 0 aliphatic carbocycles. The topological polar surface area (TPSA) is 93.1 Å². The summed E-state index contributed by atoms with van der Waals surface area (Å²) in [5, 5.41) is 17.5. The van der Waals surface area contributed by atoms with E-state index in [-0.39, 0.29) is 0 Å². The second-order valence-corrected chi connectivity index (χ2v) is 8.76. The highest BCUT2D eigenvalue weighted by Gasteiger charge is 2.35. The summed E-state index contributed by atoms with van der Waals surface area (Å²) in [6.45, 7) is 2.63. The minimum Gasteiger partial charge on any atom is -0.482 e. The first-order valence-corrected chi connectivity index (χ1v) is 9.59. The van der Waals surface area contributed by atoms with Gasteiger partial charge in [-0.15, -0.1) is 0 Å². The molecule has 0 saturated carbocycles. The number of alkyl halides is 3. The third kappa shape index (κ3) is 6.42. The third-order valence-corrected chi connectivity index (χ3v) is 4.75. The van der Waals surface area contributed by atoms with Gasteiger partial charge in [-0.25, -0.2) is 9.59 Å². The Bertz CT molecular complexity index is 840. The van der Waals surface area contributed by atoms with Gasteiger partial charge in [0.15, 0.2) is 13.2 Å². The fraction of sp³-hybridized carbons (Fsp3) is 0.300. The molecule has 2 rings (SSSR count). The molecule has 2 N–H and O–H groups in total. The normalized spacial score (nSPS) is 11.4. The van der Waals surface area contributed by atoms with E-state index in [9.17, 15) is 9.59 Å². The molecule has 0 aromatic heterocycles. The number of rotatable bonds is 8. The molecule has 0 saturated heterocycles. The van der Waals surface area contributed by atoms with Crippen molar-refractivity contribution < 1.29 is 29.3 Å². The number of carboxylic acid groups (broad SMARTS) is 2. The average molecular weight is 462 g/mol. The monoisotopic (exact) mass is 460 g/mol. The van der Waals surface area contributed by atoms with Crippen molar-refractivity contribution in [1.29, 1.82) is 0 Å². The number of ether oxygens (including phenoxy) is 2. The second kappa shape index (κ2) is 9.57. The molecule has 0 heterocycles. The van der Waals surface area contributed by atoms with Crippen molar-refractivity contribution in [3.05, 3.63) is 58.7 Å². The van der Waals surface area contributed by atoms with E-state index >= 15 is 0 Å². The van der Waals surface area contributed by atoms with E-state index in [1.165, 1.54) is 0 Å². The largest absolute Gasteiger partial charge is 0.482 e. The van der Waals surface area contributed by atoms with Gasteiger partial charge in [0, 0.05) is 0 Å². The predicted molar refractivity (Wildman–Crippen MR) is 111 cm³/mol. The lowest BCUT2D eigenvalue weighted by Crippen LogP contribution is -2.19. The van der Waals surface area contributed by atoms with Gasteiger partial charge in [0.1, 0.15) is 11.5 Å². The maximum absolute atomic E-state index is 10.7. The molecule has 9 heteroatoms. The summed E-state index contributed by atoms with van der Waals surface area (Å²) in [6, 6.07) is 10.2. The van der Waals surface area contributed by atoms with Crippen LogP contribution in [0.5, 0.6) is 11.5 Å². The first-order chi connectivity index (χ1) is 13.5. The van der Waals surface area contributed by atoms with Gasteiger partial charge in [-0.05, 0) is 48.2 Å². The zero-order chi connectivity index (χ0) is 21.8. The van der Waals surface area contributed by atoms with Gasteiger partial charge in [0.25, 0.3) is 0 Å². The molecule has 0 atom stereocenters. The Balaban J connectivity index is 2.38. The quantitative estimate of drug-likeness (QED) is 0.552. The van der Waals surface area contributed by atoms with Gasteiger partial charge in [-0.3, -0.25) is 0 Å². The predicted octanol–water partition coefficient (Wildman–Crippen LogP) is 4.73. The molecular formula is C20H19Cl3O6. The van der Waals surface area contributed by atoms with Crippen LogP contribution in [0.25, 0.3) is 0 Å². The number of hydrogen-bond donors (Lipinski definition) is 2. The molecule has 156 valence electrons. The van der Waals surface area contributed by atoms with Crippen molar-refractivity contribution in [3.63, 3.8) is 0 Å². The Morgan fingerprint density at radius 3 is 1.52 bits per heavy atom. The molecule has 0 radical (unpaired) electrons. The zero-order valence-electron chi connectivity index (χ0n) is 15.6. The Morgan fingerprint density at radius 1 is 0.862 bits per heavy atom. The zero-order valence-corrected chi connectivity index (χ0v) is 17.9. The van der Waals surface area contributed by atoms with Crippen LogP contribution in [0.2, 0.25) is 0 Å². The lowest BCUT2D eigenvalue weighted by molar-refractivity contribution is -0.140. The Labute approximate surface area is 182 Å². The van der Waals surface area contributed by atoms with Crippen LogP contribution in [0.3, 0.4) is 0 Å². The average Bonchev–Trinajstić information content (AvgIpc) is 2.59. The summed E-state index contributed by atoms with van der Waals surface area (Å²) in [4.78, 5) is 21.4. The molecule has 0 bridgehead atoms. The smallest absolute Gasteiger partial charge is 0.341 e. The lowest BCUT2D eigenvalue weighted by Gasteiger charge is -2.27. The van der Waals surface area contributed by atoms with Crippen LogP contribution in [0.4, 0.5) is 0 Å². The highest BCUT2D eigenvalue weighted by Crippen LogP contribution is 2.47. The van der Waals surface area contributed by atoms with Crippen LogP contribution in [-0.4, -0.2) is 39.2 Å². The molecule has 29 heavy (non-hydrogen) atoms. The van der Waals surface area contributed by atoms with Gasteiger partial charge in [0.05, 0.1) is 5.92 Å². The maximum Gasteiger partial charge on any atom is 0.341 e. The molecule has 0 amide bonds. The van der Waals surface area contributed by atoms with E-state index < -0.39 is 34.9 Å². The minimum absolute atomic E-state index is 0.424. The molecule has 0 fully saturated rings. The van der Waals surface area contributed by atoms with Gasteiger partial charge in [0.2, 0.25) is 3.79 Å². The lowest BCUT2D eigenvalue weighted by atomic mass is 9.90. The fourth-order valence-electron chi connectivity index (χ4n) is 2.88. The number of carboxylic acids is 2. The van der Waals surface area contributed by atoms with Crippen LogP contribution >= 0.6 is 34.8 Å². The van der Waals surface area contributed by atoms with Crippen molar-refractivity contribution in [2.45, 2.75) is 23.6 Å². The van der Waals surface area contributed by atoms with E-state index in [0.717, 1.165) is 0 Å². The molecule has 2 aromatic carbocycles. The Morgan fingerprint density at radius 2 is 1.24 bits per heavy atom. The molecule has 2 aromatic rings. The SMILES string of the molecule is Cc1cc(C(c2ccc(OCC(=O)O)c(C)c2)C(Cl)(Cl)Cl)ccc1OCC(=O)O. The van der Waals surface area contributed by atoms with Gasteiger partial charge in [-0.2, -0.15) is 0 Å². The standard InChI is InChI=1S/C20H19Cl3O6/c1-11-7-13(3-5-15(11)28-9-17(24)25)19(20(21,22)23)14-4-6-16(12(2)8-14)29-10-18(26)27/h3-8,19H,9-10H2,1-2H3,(H,24,25)(H,26,27). The second-order valence-electron chi connectivity index (χ2n) is 6.39. The van der Waals surface area contributed by atoms with E-state index in [1.54, 1.807) is 50.2 Å². The van der Waals surface area contributed by atoms with Crippen molar-refractivity contribution in [2.75, 3.05) is 13.2 Å². The van der Waals surface area contributed by atoms with E-state index in [4.69, 9.17) is 54.5 Å². The highest BCUT2D eigenvalue weighted by atomic mass is 35.6. The Hall–Kier alpha value is -2.15. The molecular weight excluding hydrogens is 443 g/mol. The van der Waals surface area contributed by atoms with E-state index in [0.29, 0.717) is 33.8 Å². The molecule has 0 spiro atoms. The first-order valence-electron chi connectivity index (χ1n) is 8.46. The van der Waals surface area contributed by atoms with Crippen molar-refractivity contribution in [2.24, 2.45) is 0 Å². The minimum atomic E-state index is -1.67.